The third kappa shape index (κ3) is 3.60. The van der Waals surface area contributed by atoms with E-state index in [1.54, 1.807) is 13.1 Å². The molecular formula is C12H13BrFN3O2S2. The minimum Gasteiger partial charge on any atom is -0.396 e. The highest BCUT2D eigenvalue weighted by Crippen LogP contribution is 2.28. The fraction of sp³-hybridized carbons (Fsp3) is 0.250. The molecule has 0 aliphatic heterocycles. The van der Waals surface area contributed by atoms with E-state index in [1.807, 2.05) is 6.92 Å². The second-order valence-electron chi connectivity index (χ2n) is 4.46. The molecule has 0 fully saturated rings. The number of aromatic nitrogens is 1. The lowest BCUT2D eigenvalue weighted by Gasteiger charge is -2.13. The van der Waals surface area contributed by atoms with Crippen LogP contribution in [0.3, 0.4) is 0 Å². The molecule has 1 aromatic heterocycles. The first-order valence-corrected chi connectivity index (χ1v) is 8.99. The molecule has 1 atom stereocenters. The maximum absolute atomic E-state index is 13.3. The quantitative estimate of drug-likeness (QED) is 0.781. The third-order valence-corrected chi connectivity index (χ3v) is 6.28. The Morgan fingerprint density at radius 2 is 2.14 bits per heavy atom. The lowest BCUT2D eigenvalue weighted by atomic mass is 10.3. The number of rotatable bonds is 4. The molecule has 3 N–H and O–H groups in total. The first-order valence-electron chi connectivity index (χ1n) is 5.90. The number of nitrogens with two attached hydrogens (primary N) is 1. The number of thiazole rings is 1. The van der Waals surface area contributed by atoms with Gasteiger partial charge in [-0.25, -0.2) is 22.5 Å². The molecule has 0 aliphatic rings. The third-order valence-electron chi connectivity index (χ3n) is 2.68. The normalized spacial score (nSPS) is 13.3. The maximum atomic E-state index is 13.3. The Morgan fingerprint density at radius 3 is 2.71 bits per heavy atom. The molecule has 114 valence electrons. The number of nitrogen functional groups attached to an aromatic ring is 1. The molecule has 0 amide bonds. The summed E-state index contributed by atoms with van der Waals surface area (Å²) in [5.74, 6) is -0.676. The Morgan fingerprint density at radius 1 is 1.48 bits per heavy atom. The maximum Gasteiger partial charge on any atom is 0.242 e. The van der Waals surface area contributed by atoms with Crippen molar-refractivity contribution in [3.8, 4) is 0 Å². The summed E-state index contributed by atoms with van der Waals surface area (Å²) in [6.07, 6.45) is 1.68. The van der Waals surface area contributed by atoms with Crippen molar-refractivity contribution in [1.82, 2.24) is 9.71 Å². The van der Waals surface area contributed by atoms with Crippen molar-refractivity contribution in [2.75, 3.05) is 5.73 Å². The lowest BCUT2D eigenvalue weighted by Crippen LogP contribution is -2.27. The summed E-state index contributed by atoms with van der Waals surface area (Å²) in [5.41, 5.74) is 5.21. The van der Waals surface area contributed by atoms with Crippen LogP contribution in [0.2, 0.25) is 0 Å². The van der Waals surface area contributed by atoms with Gasteiger partial charge < -0.3 is 5.73 Å². The summed E-state index contributed by atoms with van der Waals surface area (Å²) in [4.78, 5) is 5.02. The molecule has 1 aromatic carbocycles. The van der Waals surface area contributed by atoms with E-state index >= 15 is 0 Å². The van der Waals surface area contributed by atoms with Gasteiger partial charge in [-0.3, -0.25) is 0 Å². The first-order chi connectivity index (χ1) is 9.70. The van der Waals surface area contributed by atoms with E-state index in [0.717, 1.165) is 17.0 Å². The molecule has 1 unspecified atom stereocenters. The second kappa shape index (κ2) is 5.99. The molecule has 21 heavy (non-hydrogen) atoms. The van der Waals surface area contributed by atoms with Crippen molar-refractivity contribution in [2.24, 2.45) is 0 Å². The number of nitrogens with one attached hydrogen (secondary N) is 1. The molecule has 2 aromatic rings. The van der Waals surface area contributed by atoms with Crippen LogP contribution in [0.25, 0.3) is 0 Å². The Balaban J connectivity index is 2.32. The fourth-order valence-corrected chi connectivity index (χ4v) is 4.78. The van der Waals surface area contributed by atoms with Crippen LogP contribution < -0.4 is 10.5 Å². The summed E-state index contributed by atoms with van der Waals surface area (Å²) >= 11 is 4.45. The van der Waals surface area contributed by atoms with Gasteiger partial charge in [-0.2, -0.15) is 0 Å². The molecule has 1 heterocycles. The lowest BCUT2D eigenvalue weighted by molar-refractivity contribution is 0.565. The number of hydrogen-bond donors (Lipinski definition) is 2. The topological polar surface area (TPSA) is 85.1 Å². The van der Waals surface area contributed by atoms with Crippen LogP contribution in [0.1, 0.15) is 22.9 Å². The number of benzene rings is 1. The number of nitrogens with zero attached hydrogens (tertiary/aromatic N) is 1. The molecule has 0 bridgehead atoms. The van der Waals surface area contributed by atoms with Gasteiger partial charge in [-0.05, 0) is 41.9 Å². The van der Waals surface area contributed by atoms with Gasteiger partial charge in [0, 0.05) is 15.5 Å². The van der Waals surface area contributed by atoms with Gasteiger partial charge in [-0.1, -0.05) is 0 Å². The largest absolute Gasteiger partial charge is 0.396 e. The highest BCUT2D eigenvalue weighted by Gasteiger charge is 2.23. The monoisotopic (exact) mass is 393 g/mol. The van der Waals surface area contributed by atoms with E-state index in [1.165, 1.54) is 11.3 Å². The highest BCUT2D eigenvalue weighted by molar-refractivity contribution is 9.10. The van der Waals surface area contributed by atoms with Gasteiger partial charge in [-0.15, -0.1) is 11.3 Å². The van der Waals surface area contributed by atoms with Gasteiger partial charge in [0.2, 0.25) is 10.0 Å². The number of anilines is 1. The Labute approximate surface area is 134 Å². The molecule has 5 nitrogen and oxygen atoms in total. The van der Waals surface area contributed by atoms with E-state index in [-0.39, 0.29) is 15.1 Å². The Hall–Kier alpha value is -1.03. The van der Waals surface area contributed by atoms with Crippen LogP contribution in [0.15, 0.2) is 27.7 Å². The van der Waals surface area contributed by atoms with Crippen molar-refractivity contribution < 1.29 is 12.8 Å². The van der Waals surface area contributed by atoms with Gasteiger partial charge in [0.25, 0.3) is 0 Å². The molecule has 0 spiro atoms. The summed E-state index contributed by atoms with van der Waals surface area (Å²) < 4.78 is 40.6. The summed E-state index contributed by atoms with van der Waals surface area (Å²) in [5, 5.41) is 0.655. The number of halogens is 2. The summed E-state index contributed by atoms with van der Waals surface area (Å²) in [6, 6.07) is 1.62. The zero-order valence-electron chi connectivity index (χ0n) is 11.2. The average molecular weight is 394 g/mol. The predicted molar refractivity (Wildman–Crippen MR) is 84.1 cm³/mol. The summed E-state index contributed by atoms with van der Waals surface area (Å²) in [6.45, 7) is 3.58. The van der Waals surface area contributed by atoms with E-state index in [0.29, 0.717) is 5.01 Å². The summed E-state index contributed by atoms with van der Waals surface area (Å²) in [7, 11) is -3.85. The molecule has 2 rings (SSSR count). The molecule has 0 saturated heterocycles. The van der Waals surface area contributed by atoms with Crippen LogP contribution in [-0.4, -0.2) is 13.4 Å². The molecular weight excluding hydrogens is 381 g/mol. The van der Waals surface area contributed by atoms with Crippen molar-refractivity contribution in [2.45, 2.75) is 24.8 Å². The van der Waals surface area contributed by atoms with Gasteiger partial charge in [0.15, 0.2) is 0 Å². The Kier molecular flexibility index (Phi) is 4.66. The first kappa shape index (κ1) is 16.3. The van der Waals surface area contributed by atoms with Crippen molar-refractivity contribution in [3.05, 3.63) is 38.5 Å². The van der Waals surface area contributed by atoms with E-state index < -0.39 is 21.9 Å². The van der Waals surface area contributed by atoms with Gasteiger partial charge in [0.1, 0.15) is 10.8 Å². The number of hydrogen-bond acceptors (Lipinski definition) is 5. The SMILES string of the molecule is Cc1cnc(C(C)NS(=O)(=O)c2cc(N)c(F)cc2Br)s1. The van der Waals surface area contributed by atoms with Gasteiger partial charge in [0.05, 0.1) is 16.6 Å². The van der Waals surface area contributed by atoms with Crippen molar-refractivity contribution in [1.29, 1.82) is 0 Å². The van der Waals surface area contributed by atoms with Crippen LogP contribution in [0, 0.1) is 12.7 Å². The number of sulfonamides is 1. The van der Waals surface area contributed by atoms with Crippen LogP contribution >= 0.6 is 27.3 Å². The number of aryl methyl sites for hydroxylation is 1. The minimum atomic E-state index is -3.85. The van der Waals surface area contributed by atoms with Crippen molar-refractivity contribution >= 4 is 43.0 Å². The molecule has 0 radical (unpaired) electrons. The fourth-order valence-electron chi connectivity index (χ4n) is 1.67. The predicted octanol–water partition coefficient (Wildman–Crippen LogP) is 2.97. The van der Waals surface area contributed by atoms with Gasteiger partial charge >= 0.3 is 0 Å². The van der Waals surface area contributed by atoms with E-state index in [2.05, 4.69) is 25.6 Å². The smallest absolute Gasteiger partial charge is 0.242 e. The van der Waals surface area contributed by atoms with Crippen LogP contribution in [0.4, 0.5) is 10.1 Å². The molecule has 0 saturated carbocycles. The highest BCUT2D eigenvalue weighted by atomic mass is 79.9. The van der Waals surface area contributed by atoms with Crippen LogP contribution in [-0.2, 0) is 10.0 Å². The van der Waals surface area contributed by atoms with Crippen LogP contribution in [0.5, 0.6) is 0 Å². The minimum absolute atomic E-state index is 0.110. The zero-order valence-corrected chi connectivity index (χ0v) is 14.4. The average Bonchev–Trinajstić information content (AvgIpc) is 2.80. The standard InChI is InChI=1S/C12H13BrFN3O2S2/c1-6-5-16-12(20-6)7(2)17-21(18,19)11-4-10(15)9(14)3-8(11)13/h3-5,7,17H,15H2,1-2H3. The molecule has 0 aliphatic carbocycles. The second-order valence-corrected chi connectivity index (χ2v) is 8.26. The van der Waals surface area contributed by atoms with Crippen molar-refractivity contribution in [3.63, 3.8) is 0 Å². The Bertz CT molecular complexity index is 777. The van der Waals surface area contributed by atoms with E-state index in [4.69, 9.17) is 5.73 Å². The molecule has 9 heteroatoms. The van der Waals surface area contributed by atoms with E-state index in [9.17, 15) is 12.8 Å². The zero-order chi connectivity index (χ0) is 15.8.